The second kappa shape index (κ2) is 5.44. The van der Waals surface area contributed by atoms with E-state index in [0.29, 0.717) is 11.8 Å². The molecule has 2 aromatic heterocycles. The molecule has 0 saturated carbocycles. The molecule has 6 N–H and O–H groups in total. The maximum Gasteiger partial charge on any atom is 0.240 e. The molecule has 0 aliphatic carbocycles. The second-order valence-corrected chi connectivity index (χ2v) is 5.07. The molecule has 18 heavy (non-hydrogen) atoms. The minimum Gasteiger partial charge on any atom is -0.394 e. The first-order valence-corrected chi connectivity index (χ1v) is 6.23. The molecular weight excluding hydrogens is 254 g/mol. The van der Waals surface area contributed by atoms with Gasteiger partial charge in [0, 0.05) is 11.4 Å². The minimum absolute atomic E-state index is 0.210. The third kappa shape index (κ3) is 2.67. The van der Waals surface area contributed by atoms with Crippen molar-refractivity contribution in [3.63, 3.8) is 0 Å². The van der Waals surface area contributed by atoms with Gasteiger partial charge >= 0.3 is 0 Å². The largest absolute Gasteiger partial charge is 0.394 e. The van der Waals surface area contributed by atoms with Crippen LogP contribution in [0.4, 0.5) is 11.8 Å². The van der Waals surface area contributed by atoms with Crippen molar-refractivity contribution in [2.45, 2.75) is 13.0 Å². The highest BCUT2D eigenvalue weighted by Crippen LogP contribution is 2.29. The fourth-order valence-corrected chi connectivity index (χ4v) is 2.40. The number of hydrogen-bond acceptors (Lipinski definition) is 8. The Balaban J connectivity index is 2.34. The van der Waals surface area contributed by atoms with E-state index in [4.69, 9.17) is 10.9 Å². The number of anilines is 2. The molecule has 0 saturated heterocycles. The summed E-state index contributed by atoms with van der Waals surface area (Å²) < 4.78 is 0. The summed E-state index contributed by atoms with van der Waals surface area (Å²) in [5, 5.41) is 22.0. The number of nitrogens with two attached hydrogens (primary N) is 1. The summed E-state index contributed by atoms with van der Waals surface area (Å²) in [4.78, 5) is 10.4. The highest BCUT2D eigenvalue weighted by molar-refractivity contribution is 7.18. The first-order valence-electron chi connectivity index (χ1n) is 5.41. The first kappa shape index (κ1) is 13.0. The molecule has 0 spiro atoms. The van der Waals surface area contributed by atoms with Crippen LogP contribution in [0.25, 0.3) is 10.2 Å². The summed E-state index contributed by atoms with van der Waals surface area (Å²) in [7, 11) is 0. The molecule has 0 aliphatic heterocycles. The van der Waals surface area contributed by atoms with Crippen molar-refractivity contribution in [2.75, 3.05) is 23.9 Å². The Bertz CT molecular complexity index is 544. The third-order valence-corrected chi connectivity index (χ3v) is 3.31. The zero-order chi connectivity index (χ0) is 13.1. The van der Waals surface area contributed by atoms with Crippen molar-refractivity contribution in [2.24, 2.45) is 5.84 Å². The van der Waals surface area contributed by atoms with E-state index >= 15 is 0 Å². The summed E-state index contributed by atoms with van der Waals surface area (Å²) in [5.41, 5.74) is 2.40. The standard InChI is InChI=1S/C10H15N5O2S/c1-5-2-7-8(12-3-6(17)4-16)13-10(15-11)14-9(7)18-5/h2,6,16-17H,3-4,11H2,1H3,(H2,12,13,14,15). The van der Waals surface area contributed by atoms with Gasteiger partial charge in [-0.15, -0.1) is 11.3 Å². The molecule has 0 fully saturated rings. The highest BCUT2D eigenvalue weighted by Gasteiger charge is 2.11. The van der Waals surface area contributed by atoms with Crippen molar-refractivity contribution in [3.05, 3.63) is 10.9 Å². The minimum atomic E-state index is -0.830. The van der Waals surface area contributed by atoms with Crippen molar-refractivity contribution >= 4 is 33.3 Å². The van der Waals surface area contributed by atoms with Gasteiger partial charge in [-0.1, -0.05) is 0 Å². The molecule has 2 aromatic rings. The average Bonchev–Trinajstić information content (AvgIpc) is 2.75. The fourth-order valence-electron chi connectivity index (χ4n) is 1.52. The number of nitrogens with zero attached hydrogens (tertiary/aromatic N) is 2. The number of aliphatic hydroxyl groups excluding tert-OH is 2. The van der Waals surface area contributed by atoms with Crippen LogP contribution in [0.15, 0.2) is 6.07 Å². The predicted molar refractivity (Wildman–Crippen MR) is 71.5 cm³/mol. The molecule has 0 aromatic carbocycles. The number of aromatic nitrogens is 2. The summed E-state index contributed by atoms with van der Waals surface area (Å²) >= 11 is 1.54. The Labute approximate surface area is 108 Å². The number of hydrazine groups is 1. The van der Waals surface area contributed by atoms with E-state index in [2.05, 4.69) is 20.7 Å². The Morgan fingerprint density at radius 1 is 1.50 bits per heavy atom. The lowest BCUT2D eigenvalue weighted by Crippen LogP contribution is -2.23. The van der Waals surface area contributed by atoms with Crippen LogP contribution in [0.2, 0.25) is 0 Å². The van der Waals surface area contributed by atoms with Crippen molar-refractivity contribution in [3.8, 4) is 0 Å². The number of hydrogen-bond donors (Lipinski definition) is 5. The summed E-state index contributed by atoms with van der Waals surface area (Å²) in [6, 6.07) is 1.97. The lowest BCUT2D eigenvalue weighted by Gasteiger charge is -2.11. The SMILES string of the molecule is Cc1cc2c(NCC(O)CO)nc(NN)nc2s1. The molecule has 0 bridgehead atoms. The maximum atomic E-state index is 9.33. The Morgan fingerprint density at radius 3 is 2.94 bits per heavy atom. The van der Waals surface area contributed by atoms with Gasteiger partial charge < -0.3 is 15.5 Å². The molecule has 0 amide bonds. The number of aryl methyl sites for hydroxylation is 1. The van der Waals surface area contributed by atoms with E-state index in [1.807, 2.05) is 13.0 Å². The van der Waals surface area contributed by atoms with E-state index in [-0.39, 0.29) is 13.2 Å². The van der Waals surface area contributed by atoms with Crippen molar-refractivity contribution in [1.82, 2.24) is 9.97 Å². The average molecular weight is 269 g/mol. The number of rotatable bonds is 5. The number of thiophene rings is 1. The Morgan fingerprint density at radius 2 is 2.28 bits per heavy atom. The van der Waals surface area contributed by atoms with Gasteiger partial charge in [-0.3, -0.25) is 5.43 Å². The van der Waals surface area contributed by atoms with Gasteiger partial charge in [0.25, 0.3) is 0 Å². The summed E-state index contributed by atoms with van der Waals surface area (Å²) in [6.45, 7) is 1.89. The van der Waals surface area contributed by atoms with E-state index in [1.54, 1.807) is 0 Å². The van der Waals surface area contributed by atoms with Crippen LogP contribution in [-0.2, 0) is 0 Å². The van der Waals surface area contributed by atoms with Gasteiger partial charge in [0.15, 0.2) is 0 Å². The van der Waals surface area contributed by atoms with Crippen LogP contribution in [0, 0.1) is 6.92 Å². The van der Waals surface area contributed by atoms with Crippen LogP contribution >= 0.6 is 11.3 Å². The summed E-state index contributed by atoms with van der Waals surface area (Å²) in [6.07, 6.45) is -0.830. The van der Waals surface area contributed by atoms with E-state index in [1.165, 1.54) is 11.3 Å². The molecule has 1 unspecified atom stereocenters. The van der Waals surface area contributed by atoms with Gasteiger partial charge in [0.2, 0.25) is 5.95 Å². The van der Waals surface area contributed by atoms with Gasteiger partial charge in [-0.05, 0) is 13.0 Å². The topological polar surface area (TPSA) is 116 Å². The Kier molecular flexibility index (Phi) is 3.92. The molecule has 2 heterocycles. The molecule has 2 rings (SSSR count). The zero-order valence-electron chi connectivity index (χ0n) is 9.84. The van der Waals surface area contributed by atoms with E-state index < -0.39 is 6.10 Å². The molecule has 0 aliphatic rings. The monoisotopic (exact) mass is 269 g/mol. The molecule has 98 valence electrons. The lowest BCUT2D eigenvalue weighted by atomic mass is 10.3. The van der Waals surface area contributed by atoms with Gasteiger partial charge in [0.05, 0.1) is 18.1 Å². The number of nitrogen functional groups attached to an aromatic ring is 1. The fraction of sp³-hybridized carbons (Fsp3) is 0.400. The number of nitrogens with one attached hydrogen (secondary N) is 2. The quantitative estimate of drug-likeness (QED) is 0.384. The molecule has 7 nitrogen and oxygen atoms in total. The van der Waals surface area contributed by atoms with Crippen molar-refractivity contribution < 1.29 is 10.2 Å². The van der Waals surface area contributed by atoms with Crippen LogP contribution in [0.1, 0.15) is 4.88 Å². The molecule has 8 heteroatoms. The van der Waals surface area contributed by atoms with Gasteiger partial charge in [0.1, 0.15) is 10.6 Å². The summed E-state index contributed by atoms with van der Waals surface area (Å²) in [5.74, 6) is 6.21. The van der Waals surface area contributed by atoms with E-state index in [0.717, 1.165) is 15.1 Å². The smallest absolute Gasteiger partial charge is 0.240 e. The highest BCUT2D eigenvalue weighted by atomic mass is 32.1. The second-order valence-electron chi connectivity index (χ2n) is 3.83. The number of aliphatic hydroxyl groups is 2. The molecule has 0 radical (unpaired) electrons. The molecule has 1 atom stereocenters. The number of fused-ring (bicyclic) bond motifs is 1. The van der Waals surface area contributed by atoms with Gasteiger partial charge in [-0.2, -0.15) is 4.98 Å². The van der Waals surface area contributed by atoms with Crippen LogP contribution in [0.3, 0.4) is 0 Å². The van der Waals surface area contributed by atoms with E-state index in [9.17, 15) is 5.11 Å². The van der Waals surface area contributed by atoms with Crippen molar-refractivity contribution in [1.29, 1.82) is 0 Å². The predicted octanol–water partition coefficient (Wildman–Crippen LogP) is 0.0504. The normalized spacial score (nSPS) is 12.7. The Hall–Kier alpha value is -1.48. The lowest BCUT2D eigenvalue weighted by molar-refractivity contribution is 0.105. The van der Waals surface area contributed by atoms with Gasteiger partial charge in [-0.25, -0.2) is 10.8 Å². The first-order chi connectivity index (χ1) is 8.63. The third-order valence-electron chi connectivity index (χ3n) is 2.36. The zero-order valence-corrected chi connectivity index (χ0v) is 10.7. The molecular formula is C10H15N5O2S. The van der Waals surface area contributed by atoms with Crippen LogP contribution < -0.4 is 16.6 Å². The maximum absolute atomic E-state index is 9.33. The van der Waals surface area contributed by atoms with Crippen LogP contribution in [-0.4, -0.2) is 39.4 Å². The van der Waals surface area contributed by atoms with Crippen LogP contribution in [0.5, 0.6) is 0 Å².